The Morgan fingerprint density at radius 1 is 1.43 bits per heavy atom. The molecule has 5 nitrogen and oxygen atoms in total. The van der Waals surface area contributed by atoms with E-state index in [1.165, 1.54) is 12.7 Å². The predicted molar refractivity (Wildman–Crippen MR) is 80.1 cm³/mol. The maximum Gasteiger partial charge on any atom is 0.354 e. The van der Waals surface area contributed by atoms with Gasteiger partial charge in [-0.2, -0.15) is 0 Å². The molecule has 0 atom stereocenters. The van der Waals surface area contributed by atoms with E-state index in [4.69, 9.17) is 9.47 Å². The number of hydrogen-bond donors (Lipinski definition) is 1. The van der Waals surface area contributed by atoms with Gasteiger partial charge in [-0.1, -0.05) is 6.08 Å². The van der Waals surface area contributed by atoms with Crippen LogP contribution in [0.1, 0.15) is 36.3 Å². The molecule has 2 aromatic heterocycles. The van der Waals surface area contributed by atoms with Crippen LogP contribution >= 0.6 is 0 Å². The summed E-state index contributed by atoms with van der Waals surface area (Å²) >= 11 is 0. The number of pyridine rings is 1. The highest BCUT2D eigenvalue weighted by Crippen LogP contribution is 2.32. The van der Waals surface area contributed by atoms with Crippen molar-refractivity contribution in [3.8, 4) is 0 Å². The molecule has 0 fully saturated rings. The predicted octanol–water partition coefficient (Wildman–Crippen LogP) is 2.93. The Kier molecular flexibility index (Phi) is 3.29. The highest BCUT2D eigenvalue weighted by Gasteiger charge is 2.24. The topological polar surface area (TPSA) is 64.2 Å². The minimum absolute atomic E-state index is 0.158. The highest BCUT2D eigenvalue weighted by molar-refractivity contribution is 5.94. The van der Waals surface area contributed by atoms with Gasteiger partial charge in [-0.05, 0) is 37.1 Å². The first-order valence-corrected chi connectivity index (χ1v) is 6.89. The van der Waals surface area contributed by atoms with Gasteiger partial charge in [-0.3, -0.25) is 0 Å². The zero-order valence-electron chi connectivity index (χ0n) is 12.4. The van der Waals surface area contributed by atoms with Crippen LogP contribution in [0.2, 0.25) is 0 Å². The minimum atomic E-state index is -0.388. The van der Waals surface area contributed by atoms with Crippen molar-refractivity contribution in [3.05, 3.63) is 35.7 Å². The van der Waals surface area contributed by atoms with Crippen molar-refractivity contribution in [2.75, 3.05) is 13.7 Å². The van der Waals surface area contributed by atoms with E-state index in [2.05, 4.69) is 29.9 Å². The number of carbonyl (C=O) groups is 1. The summed E-state index contributed by atoms with van der Waals surface area (Å²) in [5.41, 5.74) is 3.23. The van der Waals surface area contributed by atoms with Gasteiger partial charge in [0.25, 0.3) is 0 Å². The summed E-state index contributed by atoms with van der Waals surface area (Å²) in [7, 11) is 1.36. The molecule has 2 aromatic rings. The van der Waals surface area contributed by atoms with Crippen LogP contribution in [0.25, 0.3) is 16.6 Å². The van der Waals surface area contributed by atoms with Crippen LogP contribution in [0.15, 0.2) is 24.4 Å². The van der Waals surface area contributed by atoms with Crippen LogP contribution in [0.3, 0.4) is 0 Å². The average molecular weight is 286 g/mol. The van der Waals surface area contributed by atoms with Crippen molar-refractivity contribution in [1.82, 2.24) is 9.97 Å². The normalized spacial score (nSPS) is 17.6. The molecule has 1 aliphatic heterocycles. The van der Waals surface area contributed by atoms with E-state index in [0.717, 1.165) is 17.4 Å². The second-order valence-corrected chi connectivity index (χ2v) is 5.81. The van der Waals surface area contributed by atoms with E-state index >= 15 is 0 Å². The average Bonchev–Trinajstić information content (AvgIpc) is 2.88. The molecule has 0 bridgehead atoms. The molecule has 0 radical (unpaired) electrons. The fraction of sp³-hybridized carbons (Fsp3) is 0.375. The number of aromatic amines is 1. The molecule has 0 spiro atoms. The molecular formula is C16H18N2O3. The molecule has 0 saturated heterocycles. The third-order valence-corrected chi connectivity index (χ3v) is 3.67. The lowest BCUT2D eigenvalue weighted by atomic mass is 9.91. The second kappa shape index (κ2) is 5.00. The van der Waals surface area contributed by atoms with Crippen molar-refractivity contribution in [2.24, 2.45) is 0 Å². The van der Waals surface area contributed by atoms with E-state index in [1.807, 2.05) is 12.3 Å². The lowest BCUT2D eigenvalue weighted by Gasteiger charge is -2.30. The zero-order chi connectivity index (χ0) is 15.0. The molecule has 0 saturated carbocycles. The number of esters is 1. The zero-order valence-corrected chi connectivity index (χ0v) is 12.4. The standard InChI is InChI=1S/C16H18N2O3/c1-16(2)8-10(4-5-21-16)12-6-11-7-13(15(19)20-3)18-14(11)17-9-12/h4,6-7,9H,5,8H2,1-3H3,(H,17,18). The summed E-state index contributed by atoms with van der Waals surface area (Å²) in [5.74, 6) is -0.388. The molecule has 5 heteroatoms. The van der Waals surface area contributed by atoms with E-state index in [9.17, 15) is 4.79 Å². The second-order valence-electron chi connectivity index (χ2n) is 5.81. The lowest BCUT2D eigenvalue weighted by molar-refractivity contribution is -0.00299. The summed E-state index contributed by atoms with van der Waals surface area (Å²) in [6.07, 6.45) is 4.75. The summed E-state index contributed by atoms with van der Waals surface area (Å²) < 4.78 is 10.4. The number of nitrogens with one attached hydrogen (secondary N) is 1. The van der Waals surface area contributed by atoms with Gasteiger partial charge in [-0.25, -0.2) is 9.78 Å². The molecule has 3 heterocycles. The number of fused-ring (bicyclic) bond motifs is 1. The van der Waals surface area contributed by atoms with Crippen LogP contribution in [0.4, 0.5) is 0 Å². The molecule has 0 amide bonds. The van der Waals surface area contributed by atoms with Gasteiger partial charge in [0, 0.05) is 18.0 Å². The summed E-state index contributed by atoms with van der Waals surface area (Å²) in [6.45, 7) is 4.77. The first-order valence-electron chi connectivity index (χ1n) is 6.89. The van der Waals surface area contributed by atoms with Gasteiger partial charge in [0.15, 0.2) is 0 Å². The fourth-order valence-corrected chi connectivity index (χ4v) is 2.58. The van der Waals surface area contributed by atoms with Gasteiger partial charge >= 0.3 is 5.97 Å². The molecule has 0 aliphatic carbocycles. The van der Waals surface area contributed by atoms with Crippen molar-refractivity contribution in [1.29, 1.82) is 0 Å². The third-order valence-electron chi connectivity index (χ3n) is 3.67. The molecule has 3 rings (SSSR count). The Bertz CT molecular complexity index is 728. The minimum Gasteiger partial charge on any atom is -0.464 e. The van der Waals surface area contributed by atoms with Gasteiger partial charge in [0.05, 0.1) is 19.3 Å². The summed E-state index contributed by atoms with van der Waals surface area (Å²) in [6, 6.07) is 3.81. The maximum atomic E-state index is 11.5. The Hall–Kier alpha value is -2.14. The van der Waals surface area contributed by atoms with Crippen molar-refractivity contribution >= 4 is 22.6 Å². The van der Waals surface area contributed by atoms with E-state index in [1.54, 1.807) is 6.07 Å². The molecule has 0 aromatic carbocycles. The lowest BCUT2D eigenvalue weighted by Crippen LogP contribution is -2.28. The number of aromatic nitrogens is 2. The molecule has 1 aliphatic rings. The maximum absolute atomic E-state index is 11.5. The monoisotopic (exact) mass is 286 g/mol. The SMILES string of the molecule is COC(=O)c1cc2cc(C3=CCOC(C)(C)C3)cnc2[nH]1. The molecular weight excluding hydrogens is 268 g/mol. The number of H-pyrrole nitrogens is 1. The van der Waals surface area contributed by atoms with Crippen LogP contribution in [0, 0.1) is 0 Å². The van der Waals surface area contributed by atoms with Gasteiger partial charge in [0.1, 0.15) is 11.3 Å². The van der Waals surface area contributed by atoms with Crippen molar-refractivity contribution < 1.29 is 14.3 Å². The van der Waals surface area contributed by atoms with Crippen LogP contribution < -0.4 is 0 Å². The summed E-state index contributed by atoms with van der Waals surface area (Å²) in [4.78, 5) is 18.9. The first kappa shape index (κ1) is 13.8. The van der Waals surface area contributed by atoms with Crippen molar-refractivity contribution in [3.63, 3.8) is 0 Å². The van der Waals surface area contributed by atoms with Crippen LogP contribution in [-0.4, -0.2) is 35.3 Å². The Labute approximate surface area is 123 Å². The van der Waals surface area contributed by atoms with E-state index in [0.29, 0.717) is 17.9 Å². The van der Waals surface area contributed by atoms with E-state index < -0.39 is 0 Å². The Morgan fingerprint density at radius 2 is 2.24 bits per heavy atom. The number of rotatable bonds is 2. The Balaban J connectivity index is 1.98. The molecule has 21 heavy (non-hydrogen) atoms. The number of hydrogen-bond acceptors (Lipinski definition) is 4. The fourth-order valence-electron chi connectivity index (χ4n) is 2.58. The smallest absolute Gasteiger partial charge is 0.354 e. The van der Waals surface area contributed by atoms with Crippen LogP contribution in [0.5, 0.6) is 0 Å². The van der Waals surface area contributed by atoms with Gasteiger partial charge < -0.3 is 14.5 Å². The van der Waals surface area contributed by atoms with E-state index in [-0.39, 0.29) is 11.6 Å². The number of methoxy groups -OCH3 is 1. The first-order chi connectivity index (χ1) is 9.98. The molecule has 0 unspecified atom stereocenters. The Morgan fingerprint density at radius 3 is 2.95 bits per heavy atom. The number of carbonyl (C=O) groups excluding carboxylic acids is 1. The number of ether oxygens (including phenoxy) is 2. The molecule has 110 valence electrons. The van der Waals surface area contributed by atoms with Gasteiger partial charge in [0.2, 0.25) is 0 Å². The summed E-state index contributed by atoms with van der Waals surface area (Å²) in [5, 5.41) is 0.901. The molecule has 1 N–H and O–H groups in total. The largest absolute Gasteiger partial charge is 0.464 e. The highest BCUT2D eigenvalue weighted by atomic mass is 16.5. The number of nitrogens with zero attached hydrogens (tertiary/aromatic N) is 1. The van der Waals surface area contributed by atoms with Crippen LogP contribution in [-0.2, 0) is 9.47 Å². The van der Waals surface area contributed by atoms with Crippen molar-refractivity contribution in [2.45, 2.75) is 25.9 Å². The third kappa shape index (κ3) is 2.69. The quantitative estimate of drug-likeness (QED) is 0.862. The van der Waals surface area contributed by atoms with Gasteiger partial charge in [-0.15, -0.1) is 0 Å².